The second-order valence-corrected chi connectivity index (χ2v) is 5.88. The SMILES string of the molecule is Cc1cccc(F)c1NS(=O)(=O)c1cnn(CCO)c1. The Morgan fingerprint density at radius 2 is 2.20 bits per heavy atom. The van der Waals surface area contributed by atoms with Gasteiger partial charge in [-0.1, -0.05) is 12.1 Å². The lowest BCUT2D eigenvalue weighted by Crippen LogP contribution is -2.14. The van der Waals surface area contributed by atoms with Crippen molar-refractivity contribution >= 4 is 15.7 Å². The zero-order chi connectivity index (χ0) is 14.8. The van der Waals surface area contributed by atoms with Crippen molar-refractivity contribution in [3.8, 4) is 0 Å². The fourth-order valence-corrected chi connectivity index (χ4v) is 2.75. The first-order valence-electron chi connectivity index (χ1n) is 5.85. The summed E-state index contributed by atoms with van der Waals surface area (Å²) in [6.07, 6.45) is 2.42. The Balaban J connectivity index is 2.31. The van der Waals surface area contributed by atoms with Gasteiger partial charge in [-0.05, 0) is 18.6 Å². The Morgan fingerprint density at radius 3 is 2.85 bits per heavy atom. The van der Waals surface area contributed by atoms with Crippen LogP contribution in [0.5, 0.6) is 0 Å². The maximum Gasteiger partial charge on any atom is 0.265 e. The quantitative estimate of drug-likeness (QED) is 0.866. The van der Waals surface area contributed by atoms with E-state index in [1.165, 1.54) is 23.0 Å². The summed E-state index contributed by atoms with van der Waals surface area (Å²) < 4.78 is 41.4. The van der Waals surface area contributed by atoms with Gasteiger partial charge in [0.05, 0.1) is 25.0 Å². The Hall–Kier alpha value is -1.93. The van der Waals surface area contributed by atoms with Crippen molar-refractivity contribution in [1.82, 2.24) is 9.78 Å². The lowest BCUT2D eigenvalue weighted by atomic mass is 10.2. The molecule has 0 fully saturated rings. The number of aromatic nitrogens is 2. The van der Waals surface area contributed by atoms with E-state index in [-0.39, 0.29) is 23.7 Å². The fraction of sp³-hybridized carbons (Fsp3) is 0.250. The number of anilines is 1. The number of rotatable bonds is 5. The van der Waals surface area contributed by atoms with Crippen molar-refractivity contribution in [1.29, 1.82) is 0 Å². The van der Waals surface area contributed by atoms with Gasteiger partial charge in [0.2, 0.25) is 0 Å². The van der Waals surface area contributed by atoms with E-state index in [1.54, 1.807) is 13.0 Å². The Labute approximate surface area is 115 Å². The van der Waals surface area contributed by atoms with E-state index in [9.17, 15) is 12.8 Å². The predicted octanol–water partition coefficient (Wildman–Crippen LogP) is 1.12. The molecule has 1 heterocycles. The van der Waals surface area contributed by atoms with Gasteiger partial charge in [-0.15, -0.1) is 0 Å². The molecule has 6 nitrogen and oxygen atoms in total. The highest BCUT2D eigenvalue weighted by Crippen LogP contribution is 2.22. The number of nitrogens with zero attached hydrogens (tertiary/aromatic N) is 2. The van der Waals surface area contributed by atoms with Crippen LogP contribution in [0.1, 0.15) is 5.56 Å². The summed E-state index contributed by atoms with van der Waals surface area (Å²) in [4.78, 5) is -0.0893. The van der Waals surface area contributed by atoms with Crippen LogP contribution in [0, 0.1) is 12.7 Å². The van der Waals surface area contributed by atoms with Crippen molar-refractivity contribution < 1.29 is 17.9 Å². The van der Waals surface area contributed by atoms with E-state index < -0.39 is 15.8 Å². The summed E-state index contributed by atoms with van der Waals surface area (Å²) in [5, 5.41) is 12.6. The van der Waals surface area contributed by atoms with E-state index in [2.05, 4.69) is 9.82 Å². The van der Waals surface area contributed by atoms with E-state index >= 15 is 0 Å². The van der Waals surface area contributed by atoms with Crippen LogP contribution >= 0.6 is 0 Å². The maximum absolute atomic E-state index is 13.6. The zero-order valence-corrected chi connectivity index (χ0v) is 11.6. The minimum Gasteiger partial charge on any atom is -0.394 e. The van der Waals surface area contributed by atoms with Crippen LogP contribution in [0.15, 0.2) is 35.5 Å². The number of aryl methyl sites for hydroxylation is 1. The monoisotopic (exact) mass is 299 g/mol. The highest BCUT2D eigenvalue weighted by Gasteiger charge is 2.19. The smallest absolute Gasteiger partial charge is 0.265 e. The molecule has 0 atom stereocenters. The van der Waals surface area contributed by atoms with E-state index in [0.717, 1.165) is 6.20 Å². The van der Waals surface area contributed by atoms with Crippen LogP contribution in [0.4, 0.5) is 10.1 Å². The van der Waals surface area contributed by atoms with Gasteiger partial charge in [-0.3, -0.25) is 9.40 Å². The van der Waals surface area contributed by atoms with Gasteiger partial charge in [0.25, 0.3) is 10.0 Å². The molecule has 0 bridgehead atoms. The number of halogens is 1. The number of hydrogen-bond acceptors (Lipinski definition) is 4. The first kappa shape index (κ1) is 14.5. The molecule has 2 aromatic rings. The van der Waals surface area contributed by atoms with E-state index in [1.807, 2.05) is 0 Å². The molecule has 1 aromatic carbocycles. The van der Waals surface area contributed by atoms with Crippen molar-refractivity contribution in [3.63, 3.8) is 0 Å². The van der Waals surface area contributed by atoms with Crippen LogP contribution < -0.4 is 4.72 Å². The number of para-hydroxylation sites is 1. The van der Waals surface area contributed by atoms with E-state index in [0.29, 0.717) is 5.56 Å². The molecule has 1 aromatic heterocycles. The largest absolute Gasteiger partial charge is 0.394 e. The number of hydrogen-bond donors (Lipinski definition) is 2. The molecule has 0 amide bonds. The summed E-state index contributed by atoms with van der Waals surface area (Å²) in [5.74, 6) is -0.642. The lowest BCUT2D eigenvalue weighted by molar-refractivity contribution is 0.269. The molecule has 108 valence electrons. The molecular weight excluding hydrogens is 285 g/mol. The van der Waals surface area contributed by atoms with Crippen molar-refractivity contribution in [2.24, 2.45) is 0 Å². The molecule has 2 rings (SSSR count). The van der Waals surface area contributed by atoms with Gasteiger partial charge in [-0.2, -0.15) is 5.10 Å². The van der Waals surface area contributed by atoms with Crippen molar-refractivity contribution in [2.45, 2.75) is 18.4 Å². The summed E-state index contributed by atoms with van der Waals surface area (Å²) in [6, 6.07) is 4.29. The van der Waals surface area contributed by atoms with E-state index in [4.69, 9.17) is 5.11 Å². The molecule has 0 aliphatic heterocycles. The molecule has 0 radical (unpaired) electrons. The first-order chi connectivity index (χ1) is 9.44. The van der Waals surface area contributed by atoms with Crippen LogP contribution in [0.25, 0.3) is 0 Å². The molecule has 0 aliphatic rings. The molecule has 0 saturated carbocycles. The second-order valence-electron chi connectivity index (χ2n) is 4.20. The highest BCUT2D eigenvalue weighted by molar-refractivity contribution is 7.92. The third kappa shape index (κ3) is 2.97. The van der Waals surface area contributed by atoms with Gasteiger partial charge < -0.3 is 5.11 Å². The minimum absolute atomic E-state index is 0.0811. The van der Waals surface area contributed by atoms with Crippen LogP contribution in [-0.2, 0) is 16.6 Å². The fourth-order valence-electron chi connectivity index (χ4n) is 1.66. The molecule has 2 N–H and O–H groups in total. The van der Waals surface area contributed by atoms with Crippen molar-refractivity contribution in [3.05, 3.63) is 42.0 Å². The number of nitrogens with one attached hydrogen (secondary N) is 1. The Bertz CT molecular complexity index is 692. The third-order valence-corrected chi connectivity index (χ3v) is 4.01. The highest BCUT2D eigenvalue weighted by atomic mass is 32.2. The average Bonchev–Trinajstić information content (AvgIpc) is 2.84. The third-order valence-electron chi connectivity index (χ3n) is 2.71. The summed E-state index contributed by atoms with van der Waals surface area (Å²) in [6.45, 7) is 1.64. The van der Waals surface area contributed by atoms with Crippen molar-refractivity contribution in [2.75, 3.05) is 11.3 Å². The number of benzene rings is 1. The lowest BCUT2D eigenvalue weighted by Gasteiger charge is -2.09. The second kappa shape index (κ2) is 5.59. The normalized spacial score (nSPS) is 11.6. The predicted molar refractivity (Wildman–Crippen MR) is 71.3 cm³/mol. The van der Waals surface area contributed by atoms with Crippen LogP contribution in [0.2, 0.25) is 0 Å². The summed E-state index contributed by atoms with van der Waals surface area (Å²) in [5.41, 5.74) is 0.402. The standard InChI is InChI=1S/C12H14FN3O3S/c1-9-3-2-4-11(13)12(9)15-20(18,19)10-7-14-16(8-10)5-6-17/h2-4,7-8,15,17H,5-6H2,1H3. The molecule has 0 unspecified atom stereocenters. The Morgan fingerprint density at radius 1 is 1.45 bits per heavy atom. The number of sulfonamides is 1. The molecule has 0 aliphatic carbocycles. The first-order valence-corrected chi connectivity index (χ1v) is 7.33. The average molecular weight is 299 g/mol. The Kier molecular flexibility index (Phi) is 4.05. The van der Waals surface area contributed by atoms with Gasteiger partial charge in [0, 0.05) is 6.20 Å². The minimum atomic E-state index is -3.91. The zero-order valence-electron chi connectivity index (χ0n) is 10.7. The van der Waals surface area contributed by atoms with Gasteiger partial charge in [0.1, 0.15) is 10.7 Å². The van der Waals surface area contributed by atoms with Crippen LogP contribution in [-0.4, -0.2) is 29.9 Å². The topological polar surface area (TPSA) is 84.2 Å². The summed E-state index contributed by atoms with van der Waals surface area (Å²) in [7, 11) is -3.91. The van der Waals surface area contributed by atoms with Crippen LogP contribution in [0.3, 0.4) is 0 Å². The number of aliphatic hydroxyl groups excluding tert-OH is 1. The van der Waals surface area contributed by atoms with Gasteiger partial charge >= 0.3 is 0 Å². The summed E-state index contributed by atoms with van der Waals surface area (Å²) >= 11 is 0. The van der Waals surface area contributed by atoms with Gasteiger partial charge in [0.15, 0.2) is 0 Å². The molecule has 8 heteroatoms. The molecule has 0 saturated heterocycles. The molecular formula is C12H14FN3O3S. The molecule has 20 heavy (non-hydrogen) atoms. The molecule has 0 spiro atoms. The van der Waals surface area contributed by atoms with Gasteiger partial charge in [-0.25, -0.2) is 12.8 Å². The maximum atomic E-state index is 13.6. The number of aliphatic hydroxyl groups is 1.